The molecule has 0 aliphatic heterocycles. The predicted molar refractivity (Wildman–Crippen MR) is 79.8 cm³/mol. The summed E-state index contributed by atoms with van der Waals surface area (Å²) in [5, 5.41) is 18.8. The van der Waals surface area contributed by atoms with E-state index in [4.69, 9.17) is 0 Å². The maximum Gasteiger partial charge on any atom is 0.321 e. The Morgan fingerprint density at radius 1 is 0.800 bits per heavy atom. The van der Waals surface area contributed by atoms with Crippen molar-refractivity contribution in [2.75, 3.05) is 0 Å². The highest BCUT2D eigenvalue weighted by molar-refractivity contribution is 5.99. The number of unbranched alkanes of at least 4 members (excludes halogenated alkanes) is 6. The zero-order valence-corrected chi connectivity index (χ0v) is 13.4. The van der Waals surface area contributed by atoms with Crippen LogP contribution in [-0.4, -0.2) is 22.2 Å². The number of carbonyl (C=O) groups is 2. The van der Waals surface area contributed by atoms with Crippen LogP contribution in [0.2, 0.25) is 0 Å². The van der Waals surface area contributed by atoms with Crippen molar-refractivity contribution < 1.29 is 19.8 Å². The first kappa shape index (κ1) is 18.9. The third-order valence-electron chi connectivity index (χ3n) is 4.17. The van der Waals surface area contributed by atoms with E-state index in [1.807, 2.05) is 0 Å². The van der Waals surface area contributed by atoms with Crippen molar-refractivity contribution in [3.63, 3.8) is 0 Å². The predicted octanol–water partition coefficient (Wildman–Crippen LogP) is 4.33. The number of carboxylic acid groups (broad SMARTS) is 2. The zero-order chi connectivity index (χ0) is 15.8. The third kappa shape index (κ3) is 4.80. The van der Waals surface area contributed by atoms with Crippen LogP contribution in [0.15, 0.2) is 0 Å². The minimum absolute atomic E-state index is 0.203. The van der Waals surface area contributed by atoms with Gasteiger partial charge in [-0.1, -0.05) is 72.6 Å². The average molecular weight is 286 g/mol. The molecule has 0 aromatic rings. The molecule has 0 aliphatic rings. The van der Waals surface area contributed by atoms with E-state index < -0.39 is 22.8 Å². The smallest absolute Gasteiger partial charge is 0.321 e. The molecule has 0 aromatic heterocycles. The Kier molecular flexibility index (Phi) is 7.84. The molecule has 0 unspecified atom stereocenters. The number of hydrogen-bond acceptors (Lipinski definition) is 2. The lowest BCUT2D eigenvalue weighted by Crippen LogP contribution is -2.49. The van der Waals surface area contributed by atoms with Gasteiger partial charge in [-0.15, -0.1) is 0 Å². The summed E-state index contributed by atoms with van der Waals surface area (Å²) in [6, 6.07) is 0. The summed E-state index contributed by atoms with van der Waals surface area (Å²) in [6.45, 7) is 7.24. The van der Waals surface area contributed by atoms with Gasteiger partial charge in [0.15, 0.2) is 5.41 Å². The third-order valence-corrected chi connectivity index (χ3v) is 4.17. The average Bonchev–Trinajstić information content (AvgIpc) is 2.30. The van der Waals surface area contributed by atoms with Gasteiger partial charge in [0.25, 0.3) is 0 Å². The molecular formula is C16H30O4. The van der Waals surface area contributed by atoms with E-state index in [1.54, 1.807) is 20.8 Å². The number of carboxylic acids is 2. The normalized spacial score (nSPS) is 12.4. The largest absolute Gasteiger partial charge is 0.480 e. The van der Waals surface area contributed by atoms with Gasteiger partial charge in [0.05, 0.1) is 0 Å². The Bertz CT molecular complexity index is 301. The fourth-order valence-electron chi connectivity index (χ4n) is 2.67. The molecule has 0 rings (SSSR count). The molecule has 0 atom stereocenters. The quantitative estimate of drug-likeness (QED) is 0.463. The second-order valence-corrected chi connectivity index (χ2v) is 6.64. The first-order chi connectivity index (χ1) is 9.20. The molecule has 0 heterocycles. The molecule has 0 spiro atoms. The minimum atomic E-state index is -1.68. The van der Waals surface area contributed by atoms with Gasteiger partial charge in [-0.2, -0.15) is 0 Å². The van der Waals surface area contributed by atoms with Gasteiger partial charge in [0.1, 0.15) is 0 Å². The molecule has 0 fully saturated rings. The maximum absolute atomic E-state index is 11.5. The van der Waals surface area contributed by atoms with Crippen molar-refractivity contribution >= 4 is 11.9 Å². The van der Waals surface area contributed by atoms with E-state index >= 15 is 0 Å². The molecule has 0 aromatic carbocycles. The lowest BCUT2D eigenvalue weighted by atomic mass is 9.64. The van der Waals surface area contributed by atoms with Crippen molar-refractivity contribution in [2.24, 2.45) is 10.8 Å². The van der Waals surface area contributed by atoms with Crippen LogP contribution in [0, 0.1) is 10.8 Å². The number of aliphatic carboxylic acids is 2. The van der Waals surface area contributed by atoms with E-state index in [1.165, 1.54) is 19.3 Å². The summed E-state index contributed by atoms with van der Waals surface area (Å²) < 4.78 is 0. The maximum atomic E-state index is 11.5. The van der Waals surface area contributed by atoms with Gasteiger partial charge in [0.2, 0.25) is 0 Å². The van der Waals surface area contributed by atoms with Gasteiger partial charge >= 0.3 is 11.9 Å². The summed E-state index contributed by atoms with van der Waals surface area (Å²) in [4.78, 5) is 23.1. The van der Waals surface area contributed by atoms with Crippen molar-refractivity contribution in [3.05, 3.63) is 0 Å². The number of hydrogen-bond donors (Lipinski definition) is 2. The van der Waals surface area contributed by atoms with Crippen LogP contribution in [-0.2, 0) is 9.59 Å². The lowest BCUT2D eigenvalue weighted by Gasteiger charge is -2.37. The van der Waals surface area contributed by atoms with Gasteiger partial charge in [-0.05, 0) is 11.8 Å². The molecule has 0 amide bonds. The van der Waals surface area contributed by atoms with E-state index in [-0.39, 0.29) is 6.42 Å². The van der Waals surface area contributed by atoms with Crippen molar-refractivity contribution in [1.29, 1.82) is 0 Å². The van der Waals surface area contributed by atoms with Gasteiger partial charge in [-0.25, -0.2) is 0 Å². The van der Waals surface area contributed by atoms with Crippen molar-refractivity contribution in [2.45, 2.75) is 79.1 Å². The highest BCUT2D eigenvalue weighted by Crippen LogP contribution is 2.43. The second-order valence-electron chi connectivity index (χ2n) is 6.64. The Labute approximate surface area is 122 Å². The summed E-state index contributed by atoms with van der Waals surface area (Å²) in [6.07, 6.45) is 7.61. The molecule has 4 nitrogen and oxygen atoms in total. The summed E-state index contributed by atoms with van der Waals surface area (Å²) in [5.41, 5.74) is -2.48. The minimum Gasteiger partial charge on any atom is -0.480 e. The molecular weight excluding hydrogens is 256 g/mol. The van der Waals surface area contributed by atoms with Crippen molar-refractivity contribution in [3.8, 4) is 0 Å². The van der Waals surface area contributed by atoms with Gasteiger partial charge in [0, 0.05) is 0 Å². The Balaban J connectivity index is 4.47. The standard InChI is InChI=1S/C16H30O4/c1-5-6-7-8-9-10-11-12-16(13(17)18,14(19)20)15(2,3)4/h5-12H2,1-4H3,(H,17,18)(H,19,20). The first-order valence-electron chi connectivity index (χ1n) is 7.67. The fourth-order valence-corrected chi connectivity index (χ4v) is 2.67. The molecule has 0 saturated heterocycles. The van der Waals surface area contributed by atoms with Gasteiger partial charge in [-0.3, -0.25) is 9.59 Å². The fraction of sp³-hybridized carbons (Fsp3) is 0.875. The topological polar surface area (TPSA) is 74.6 Å². The van der Waals surface area contributed by atoms with E-state index in [2.05, 4.69) is 6.92 Å². The van der Waals surface area contributed by atoms with Crippen LogP contribution < -0.4 is 0 Å². The van der Waals surface area contributed by atoms with Crippen molar-refractivity contribution in [1.82, 2.24) is 0 Å². The highest BCUT2D eigenvalue weighted by atomic mass is 16.4. The molecule has 0 radical (unpaired) electrons. The Hall–Kier alpha value is -1.06. The van der Waals surface area contributed by atoms with Crippen LogP contribution in [0.5, 0.6) is 0 Å². The molecule has 0 bridgehead atoms. The van der Waals surface area contributed by atoms with Crippen LogP contribution in [0.25, 0.3) is 0 Å². The molecule has 2 N–H and O–H groups in total. The van der Waals surface area contributed by atoms with Crippen LogP contribution in [0.4, 0.5) is 0 Å². The van der Waals surface area contributed by atoms with E-state index in [0.29, 0.717) is 6.42 Å². The Morgan fingerprint density at radius 2 is 1.20 bits per heavy atom. The van der Waals surface area contributed by atoms with E-state index in [9.17, 15) is 19.8 Å². The second kappa shape index (κ2) is 8.28. The monoisotopic (exact) mass is 286 g/mol. The molecule has 4 heteroatoms. The molecule has 0 aliphatic carbocycles. The Morgan fingerprint density at radius 3 is 1.55 bits per heavy atom. The number of rotatable bonds is 10. The van der Waals surface area contributed by atoms with Gasteiger partial charge < -0.3 is 10.2 Å². The lowest BCUT2D eigenvalue weighted by molar-refractivity contribution is -0.174. The summed E-state index contributed by atoms with van der Waals surface area (Å²) >= 11 is 0. The summed E-state index contributed by atoms with van der Waals surface area (Å²) in [5.74, 6) is -2.44. The van der Waals surface area contributed by atoms with Crippen LogP contribution in [0.3, 0.4) is 0 Å². The van der Waals surface area contributed by atoms with Crippen LogP contribution in [0.1, 0.15) is 79.1 Å². The highest BCUT2D eigenvalue weighted by Gasteiger charge is 2.54. The SMILES string of the molecule is CCCCCCCCCC(C(=O)O)(C(=O)O)C(C)(C)C. The molecule has 20 heavy (non-hydrogen) atoms. The molecule has 0 saturated carbocycles. The summed E-state index contributed by atoms with van der Waals surface area (Å²) in [7, 11) is 0. The van der Waals surface area contributed by atoms with Crippen LogP contribution >= 0.6 is 0 Å². The zero-order valence-electron chi connectivity index (χ0n) is 13.4. The van der Waals surface area contributed by atoms with E-state index in [0.717, 1.165) is 19.3 Å². The first-order valence-corrected chi connectivity index (χ1v) is 7.67. The molecule has 118 valence electrons.